The smallest absolute Gasteiger partial charge is 0.0572 e. The van der Waals surface area contributed by atoms with Gasteiger partial charge in [-0.2, -0.15) is 0 Å². The van der Waals surface area contributed by atoms with Crippen molar-refractivity contribution in [3.63, 3.8) is 0 Å². The van der Waals surface area contributed by atoms with Gasteiger partial charge in [-0.15, -0.1) is 0 Å². The summed E-state index contributed by atoms with van der Waals surface area (Å²) in [7, 11) is 0. The fourth-order valence-corrected chi connectivity index (χ4v) is 1.22. The summed E-state index contributed by atoms with van der Waals surface area (Å²) in [5.41, 5.74) is 5.38. The first-order valence-corrected chi connectivity index (χ1v) is 5.16. The van der Waals surface area contributed by atoms with Crippen LogP contribution in [0.1, 0.15) is 46.0 Å². The molecule has 2 N–H and O–H groups in total. The summed E-state index contributed by atoms with van der Waals surface area (Å²) in [6.45, 7) is 6.05. The highest BCUT2D eigenvalue weighted by atomic mass is 16.5. The lowest BCUT2D eigenvalue weighted by Crippen LogP contribution is -2.12. The molecule has 0 heterocycles. The first-order chi connectivity index (χ1) is 5.85. The van der Waals surface area contributed by atoms with Crippen LogP contribution in [0.3, 0.4) is 0 Å². The van der Waals surface area contributed by atoms with Gasteiger partial charge < -0.3 is 10.5 Å². The summed E-state index contributed by atoms with van der Waals surface area (Å²) in [5, 5.41) is 0. The van der Waals surface area contributed by atoms with E-state index in [-0.39, 0.29) is 0 Å². The lowest BCUT2D eigenvalue weighted by molar-refractivity contribution is 0.0425. The maximum Gasteiger partial charge on any atom is 0.0572 e. The van der Waals surface area contributed by atoms with Gasteiger partial charge in [-0.25, -0.2) is 0 Å². The van der Waals surface area contributed by atoms with Gasteiger partial charge in [-0.05, 0) is 32.2 Å². The molecule has 0 radical (unpaired) electrons. The number of ether oxygens (including phenoxy) is 1. The highest BCUT2D eigenvalue weighted by Crippen LogP contribution is 2.06. The van der Waals surface area contributed by atoms with Crippen molar-refractivity contribution in [3.8, 4) is 0 Å². The monoisotopic (exact) mass is 173 g/mol. The molecule has 0 rings (SSSR count). The van der Waals surface area contributed by atoms with E-state index in [1.54, 1.807) is 0 Å². The van der Waals surface area contributed by atoms with Gasteiger partial charge in [0.25, 0.3) is 0 Å². The summed E-state index contributed by atoms with van der Waals surface area (Å²) >= 11 is 0. The Labute approximate surface area is 76.5 Å². The second kappa shape index (κ2) is 9.01. The molecule has 12 heavy (non-hydrogen) atoms. The van der Waals surface area contributed by atoms with Gasteiger partial charge in [-0.3, -0.25) is 0 Å². The minimum atomic E-state index is 0.479. The standard InChI is InChI=1S/C10H23NO/c1-3-7-10(4-2)12-9-6-5-8-11/h10H,3-9,11H2,1-2H3. The van der Waals surface area contributed by atoms with E-state index in [2.05, 4.69) is 13.8 Å². The molecule has 0 fully saturated rings. The highest BCUT2D eigenvalue weighted by Gasteiger charge is 2.03. The van der Waals surface area contributed by atoms with E-state index < -0.39 is 0 Å². The number of hydrogen-bond donors (Lipinski definition) is 1. The molecule has 0 aliphatic carbocycles. The van der Waals surface area contributed by atoms with Gasteiger partial charge in [0.1, 0.15) is 0 Å². The third-order valence-electron chi connectivity index (χ3n) is 2.02. The molecule has 1 atom stereocenters. The molecule has 0 aromatic heterocycles. The number of rotatable bonds is 8. The third kappa shape index (κ3) is 6.62. The molecule has 0 bridgehead atoms. The SMILES string of the molecule is CCCC(CC)OCCCCN. The van der Waals surface area contributed by atoms with E-state index in [9.17, 15) is 0 Å². The minimum absolute atomic E-state index is 0.479. The third-order valence-corrected chi connectivity index (χ3v) is 2.02. The van der Waals surface area contributed by atoms with Crippen molar-refractivity contribution in [1.29, 1.82) is 0 Å². The van der Waals surface area contributed by atoms with E-state index in [1.165, 1.54) is 12.8 Å². The van der Waals surface area contributed by atoms with Crippen LogP contribution in [-0.4, -0.2) is 19.3 Å². The molecule has 1 unspecified atom stereocenters. The van der Waals surface area contributed by atoms with Crippen LogP contribution >= 0.6 is 0 Å². The van der Waals surface area contributed by atoms with E-state index in [4.69, 9.17) is 10.5 Å². The van der Waals surface area contributed by atoms with Crippen molar-refractivity contribution in [2.45, 2.75) is 52.1 Å². The molecule has 0 aliphatic heterocycles. The Kier molecular flexibility index (Phi) is 8.95. The van der Waals surface area contributed by atoms with Crippen molar-refractivity contribution in [1.82, 2.24) is 0 Å². The molecule has 0 spiro atoms. The molecule has 0 aromatic rings. The van der Waals surface area contributed by atoms with Crippen LogP contribution in [0.25, 0.3) is 0 Å². The number of nitrogens with two attached hydrogens (primary N) is 1. The maximum absolute atomic E-state index is 5.68. The summed E-state index contributed by atoms with van der Waals surface area (Å²) in [4.78, 5) is 0. The van der Waals surface area contributed by atoms with Crippen LogP contribution < -0.4 is 5.73 Å². The predicted octanol–water partition coefficient (Wildman–Crippen LogP) is 2.32. The Balaban J connectivity index is 3.19. The Morgan fingerprint density at radius 3 is 2.50 bits per heavy atom. The first-order valence-electron chi connectivity index (χ1n) is 5.16. The largest absolute Gasteiger partial charge is 0.378 e. The van der Waals surface area contributed by atoms with Gasteiger partial charge in [0.15, 0.2) is 0 Å². The Morgan fingerprint density at radius 1 is 1.25 bits per heavy atom. The average Bonchev–Trinajstić information content (AvgIpc) is 2.10. The fraction of sp³-hybridized carbons (Fsp3) is 1.00. The Morgan fingerprint density at radius 2 is 2.00 bits per heavy atom. The first kappa shape index (κ1) is 11.9. The quantitative estimate of drug-likeness (QED) is 0.572. The second-order valence-corrected chi connectivity index (χ2v) is 3.19. The number of hydrogen-bond acceptors (Lipinski definition) is 2. The summed E-state index contributed by atoms with van der Waals surface area (Å²) in [6.07, 6.45) is 6.22. The van der Waals surface area contributed by atoms with Crippen LogP contribution in [0.2, 0.25) is 0 Å². The molecule has 74 valence electrons. The summed E-state index contributed by atoms with van der Waals surface area (Å²) in [6, 6.07) is 0. The van der Waals surface area contributed by atoms with Crippen LogP contribution in [0.5, 0.6) is 0 Å². The van der Waals surface area contributed by atoms with Crippen LogP contribution in [0.4, 0.5) is 0 Å². The lowest BCUT2D eigenvalue weighted by Gasteiger charge is -2.14. The zero-order chi connectivity index (χ0) is 9.23. The van der Waals surface area contributed by atoms with E-state index in [0.717, 1.165) is 32.4 Å². The molecule has 0 saturated heterocycles. The van der Waals surface area contributed by atoms with Gasteiger partial charge in [0, 0.05) is 6.61 Å². The molecular formula is C10H23NO. The Hall–Kier alpha value is -0.0800. The molecule has 0 aliphatic rings. The predicted molar refractivity (Wildman–Crippen MR) is 53.2 cm³/mol. The zero-order valence-electron chi connectivity index (χ0n) is 8.51. The molecule has 0 amide bonds. The van der Waals surface area contributed by atoms with Crippen molar-refractivity contribution < 1.29 is 4.74 Å². The van der Waals surface area contributed by atoms with E-state index >= 15 is 0 Å². The number of unbranched alkanes of at least 4 members (excludes halogenated alkanes) is 1. The highest BCUT2D eigenvalue weighted by molar-refractivity contribution is 4.53. The maximum atomic E-state index is 5.68. The lowest BCUT2D eigenvalue weighted by atomic mass is 10.1. The van der Waals surface area contributed by atoms with Gasteiger partial charge in [0.05, 0.1) is 6.10 Å². The topological polar surface area (TPSA) is 35.2 Å². The molecule has 2 nitrogen and oxygen atoms in total. The Bertz CT molecular complexity index is 85.9. The van der Waals surface area contributed by atoms with Crippen molar-refractivity contribution in [2.24, 2.45) is 5.73 Å². The molecule has 2 heteroatoms. The molecule has 0 aromatic carbocycles. The van der Waals surface area contributed by atoms with E-state index in [1.807, 2.05) is 0 Å². The van der Waals surface area contributed by atoms with Gasteiger partial charge >= 0.3 is 0 Å². The van der Waals surface area contributed by atoms with Crippen LogP contribution in [-0.2, 0) is 4.74 Å². The fourth-order valence-electron chi connectivity index (χ4n) is 1.22. The normalized spacial score (nSPS) is 13.2. The van der Waals surface area contributed by atoms with Crippen molar-refractivity contribution in [3.05, 3.63) is 0 Å². The van der Waals surface area contributed by atoms with Crippen LogP contribution in [0.15, 0.2) is 0 Å². The van der Waals surface area contributed by atoms with Crippen molar-refractivity contribution >= 4 is 0 Å². The van der Waals surface area contributed by atoms with Gasteiger partial charge in [-0.1, -0.05) is 20.3 Å². The van der Waals surface area contributed by atoms with Gasteiger partial charge in [0.2, 0.25) is 0 Å². The summed E-state index contributed by atoms with van der Waals surface area (Å²) < 4.78 is 5.68. The average molecular weight is 173 g/mol. The zero-order valence-corrected chi connectivity index (χ0v) is 8.51. The summed E-state index contributed by atoms with van der Waals surface area (Å²) in [5.74, 6) is 0. The minimum Gasteiger partial charge on any atom is -0.378 e. The van der Waals surface area contributed by atoms with E-state index in [0.29, 0.717) is 6.10 Å². The molecule has 0 saturated carbocycles. The second-order valence-electron chi connectivity index (χ2n) is 3.19. The van der Waals surface area contributed by atoms with Crippen molar-refractivity contribution in [2.75, 3.05) is 13.2 Å². The van der Waals surface area contributed by atoms with Crippen LogP contribution in [0, 0.1) is 0 Å². The molecular weight excluding hydrogens is 150 g/mol.